The van der Waals surface area contributed by atoms with Crippen LogP contribution in [-0.4, -0.2) is 34.0 Å². The predicted molar refractivity (Wildman–Crippen MR) is 137 cm³/mol. The molecule has 0 saturated heterocycles. The van der Waals surface area contributed by atoms with E-state index in [-0.39, 0.29) is 28.6 Å². The van der Waals surface area contributed by atoms with Crippen LogP contribution in [0.15, 0.2) is 53.5 Å². The van der Waals surface area contributed by atoms with Gasteiger partial charge in [-0.3, -0.25) is 9.59 Å². The Morgan fingerprint density at radius 2 is 1.23 bits per heavy atom. The van der Waals surface area contributed by atoms with Gasteiger partial charge >= 0.3 is 0 Å². The van der Waals surface area contributed by atoms with E-state index in [0.717, 1.165) is 75.8 Å². The average molecular weight is 485 g/mol. The number of aromatic hydroxyl groups is 2. The number of allylic oxidation sites excluding steroid dienone is 4. The maximum absolute atomic E-state index is 12.2. The number of aliphatic hydroxyl groups is 1. The second kappa shape index (κ2) is 15.8. The summed E-state index contributed by atoms with van der Waals surface area (Å²) < 4.78 is 4.93. The summed E-state index contributed by atoms with van der Waals surface area (Å²) in [6.07, 6.45) is 20.0. The van der Waals surface area contributed by atoms with Crippen LogP contribution < -0.4 is 0 Å². The third kappa shape index (κ3) is 10.4. The van der Waals surface area contributed by atoms with Crippen molar-refractivity contribution in [3.8, 4) is 11.5 Å². The van der Waals surface area contributed by atoms with Gasteiger partial charge < -0.3 is 20.1 Å². The molecule has 1 aliphatic carbocycles. The molecule has 0 spiro atoms. The van der Waals surface area contributed by atoms with Gasteiger partial charge in [0.1, 0.15) is 11.5 Å². The molecule has 35 heavy (non-hydrogen) atoms. The minimum atomic E-state index is -0.560. The van der Waals surface area contributed by atoms with Crippen LogP contribution in [0.2, 0.25) is 0 Å². The number of phenols is 2. The van der Waals surface area contributed by atoms with E-state index in [4.69, 9.17) is 4.74 Å². The second-order valence-electron chi connectivity index (χ2n) is 9.18. The van der Waals surface area contributed by atoms with Crippen LogP contribution in [0.3, 0.4) is 0 Å². The summed E-state index contributed by atoms with van der Waals surface area (Å²) in [7, 11) is 1.35. The predicted octanol–water partition coefficient (Wildman–Crippen LogP) is 6.76. The van der Waals surface area contributed by atoms with Gasteiger partial charge in [-0.1, -0.05) is 50.7 Å². The minimum Gasteiger partial charge on any atom is -0.508 e. The zero-order valence-corrected chi connectivity index (χ0v) is 20.9. The Balaban J connectivity index is 1.41. The Morgan fingerprint density at radius 3 is 1.80 bits per heavy atom. The van der Waals surface area contributed by atoms with Gasteiger partial charge in [-0.15, -0.1) is 0 Å². The third-order valence-corrected chi connectivity index (χ3v) is 6.26. The van der Waals surface area contributed by atoms with Crippen LogP contribution >= 0.6 is 0 Å². The maximum atomic E-state index is 12.2. The number of benzene rings is 1. The Labute approximate surface area is 209 Å². The lowest BCUT2D eigenvalue weighted by molar-refractivity contribution is -0.119. The standard InChI is InChI=1S/C29H40O6/c1-35-27-21-26(32)28(33)25(29(27)34)17-15-13-11-9-7-5-3-2-4-6-8-10-12-14-16-22-18-23(30)20-24(31)19-22/h2-3,18-21,30-31,33H,4-17H2,1H3/b3-2+. The molecule has 0 amide bonds. The monoisotopic (exact) mass is 484 g/mol. The first-order chi connectivity index (χ1) is 16.9. The van der Waals surface area contributed by atoms with E-state index in [9.17, 15) is 24.9 Å². The summed E-state index contributed by atoms with van der Waals surface area (Å²) >= 11 is 0. The number of ether oxygens (including phenoxy) is 1. The fraction of sp³-hybridized carbons (Fsp3) is 0.517. The highest BCUT2D eigenvalue weighted by Crippen LogP contribution is 2.24. The molecule has 0 atom stereocenters. The smallest absolute Gasteiger partial charge is 0.227 e. The van der Waals surface area contributed by atoms with Crippen LogP contribution in [0.1, 0.15) is 89.0 Å². The number of aryl methyl sites for hydroxylation is 1. The van der Waals surface area contributed by atoms with E-state index >= 15 is 0 Å². The molecular weight excluding hydrogens is 444 g/mol. The number of hydrogen-bond donors (Lipinski definition) is 3. The summed E-state index contributed by atoms with van der Waals surface area (Å²) in [5.41, 5.74) is 1.16. The molecule has 0 aliphatic heterocycles. The van der Waals surface area contributed by atoms with Crippen molar-refractivity contribution >= 4 is 11.6 Å². The van der Waals surface area contributed by atoms with E-state index in [2.05, 4.69) is 12.2 Å². The fourth-order valence-electron chi connectivity index (χ4n) is 4.29. The first kappa shape index (κ1) is 28.2. The van der Waals surface area contributed by atoms with Gasteiger partial charge in [-0.25, -0.2) is 0 Å². The topological polar surface area (TPSA) is 104 Å². The number of methoxy groups -OCH3 is 1. The minimum absolute atomic E-state index is 0.00133. The lowest BCUT2D eigenvalue weighted by atomic mass is 9.94. The van der Waals surface area contributed by atoms with Crippen LogP contribution in [0.25, 0.3) is 0 Å². The number of hydrogen-bond acceptors (Lipinski definition) is 6. The van der Waals surface area contributed by atoms with Crippen molar-refractivity contribution < 1.29 is 29.6 Å². The summed E-state index contributed by atoms with van der Waals surface area (Å²) in [5.74, 6) is -1.14. The molecule has 0 aromatic heterocycles. The molecule has 6 heteroatoms. The van der Waals surface area contributed by atoms with Gasteiger partial charge in [0.05, 0.1) is 7.11 Å². The molecule has 1 aromatic rings. The highest BCUT2D eigenvalue weighted by molar-refractivity contribution is 6.20. The SMILES string of the molecule is COC1=CC(=O)C(O)=C(CCCCCCC/C=C/CCCCCCCc2cc(O)cc(O)c2)C1=O. The molecule has 0 saturated carbocycles. The Morgan fingerprint density at radius 1 is 0.714 bits per heavy atom. The lowest BCUT2D eigenvalue weighted by Crippen LogP contribution is -2.20. The molecule has 3 N–H and O–H groups in total. The van der Waals surface area contributed by atoms with Gasteiger partial charge in [-0.2, -0.15) is 0 Å². The highest BCUT2D eigenvalue weighted by Gasteiger charge is 2.28. The molecule has 1 aliphatic rings. The zero-order valence-electron chi connectivity index (χ0n) is 20.9. The summed E-state index contributed by atoms with van der Waals surface area (Å²) in [4.78, 5) is 23.9. The van der Waals surface area contributed by atoms with Crippen LogP contribution in [0.5, 0.6) is 11.5 Å². The van der Waals surface area contributed by atoms with Crippen LogP contribution in [-0.2, 0) is 20.7 Å². The molecule has 0 heterocycles. The molecule has 192 valence electrons. The quantitative estimate of drug-likeness (QED) is 0.128. The first-order valence-electron chi connectivity index (χ1n) is 12.9. The number of phenolic OH excluding ortho intramolecular Hbond substituents is 2. The van der Waals surface area contributed by atoms with E-state index in [1.54, 1.807) is 12.1 Å². The molecule has 6 nitrogen and oxygen atoms in total. The largest absolute Gasteiger partial charge is 0.508 e. The average Bonchev–Trinajstić information content (AvgIpc) is 2.82. The molecule has 2 rings (SSSR count). The van der Waals surface area contributed by atoms with Crippen LogP contribution in [0.4, 0.5) is 0 Å². The Bertz CT molecular complexity index is 905. The summed E-state index contributed by atoms with van der Waals surface area (Å²) in [6, 6.07) is 4.78. The number of carbonyl (C=O) groups excluding carboxylic acids is 2. The first-order valence-corrected chi connectivity index (χ1v) is 12.9. The van der Waals surface area contributed by atoms with Crippen LogP contribution in [0, 0.1) is 0 Å². The van der Waals surface area contributed by atoms with E-state index in [1.165, 1.54) is 32.4 Å². The Hall–Kier alpha value is -3.02. The summed E-state index contributed by atoms with van der Waals surface area (Å²) in [5, 5.41) is 28.9. The van der Waals surface area contributed by atoms with Crippen molar-refractivity contribution in [2.75, 3.05) is 7.11 Å². The molecule has 0 unspecified atom stereocenters. The molecule has 0 fully saturated rings. The van der Waals surface area contributed by atoms with Gasteiger partial charge in [-0.05, 0) is 69.1 Å². The third-order valence-electron chi connectivity index (χ3n) is 6.26. The Kier molecular flexibility index (Phi) is 12.7. The number of Topliss-reactive ketones (excluding diaryl/α,β-unsaturated/α-hetero) is 1. The van der Waals surface area contributed by atoms with Gasteiger partial charge in [0.2, 0.25) is 11.6 Å². The maximum Gasteiger partial charge on any atom is 0.227 e. The molecule has 1 aromatic carbocycles. The van der Waals surface area contributed by atoms with E-state index < -0.39 is 11.5 Å². The van der Waals surface area contributed by atoms with Crippen molar-refractivity contribution in [1.82, 2.24) is 0 Å². The van der Waals surface area contributed by atoms with Gasteiger partial charge in [0.15, 0.2) is 11.5 Å². The number of rotatable bonds is 17. The van der Waals surface area contributed by atoms with E-state index in [0.29, 0.717) is 6.42 Å². The zero-order chi connectivity index (χ0) is 25.5. The highest BCUT2D eigenvalue weighted by atomic mass is 16.5. The normalized spacial score (nSPS) is 14.1. The lowest BCUT2D eigenvalue weighted by Gasteiger charge is -2.14. The molecule has 0 bridgehead atoms. The summed E-state index contributed by atoms with van der Waals surface area (Å²) in [6.45, 7) is 0. The van der Waals surface area contributed by atoms with Gasteiger partial charge in [0.25, 0.3) is 0 Å². The van der Waals surface area contributed by atoms with Crippen molar-refractivity contribution in [3.05, 3.63) is 59.1 Å². The second-order valence-corrected chi connectivity index (χ2v) is 9.18. The van der Waals surface area contributed by atoms with Crippen molar-refractivity contribution in [2.24, 2.45) is 0 Å². The number of carbonyl (C=O) groups is 2. The molecular formula is C29H40O6. The number of unbranched alkanes of at least 4 members (excludes halogenated alkanes) is 10. The van der Waals surface area contributed by atoms with Crippen molar-refractivity contribution in [3.63, 3.8) is 0 Å². The fourth-order valence-corrected chi connectivity index (χ4v) is 4.29. The number of ketones is 2. The molecule has 0 radical (unpaired) electrons. The number of aliphatic hydroxyl groups excluding tert-OH is 1. The van der Waals surface area contributed by atoms with Crippen molar-refractivity contribution in [1.29, 1.82) is 0 Å². The van der Waals surface area contributed by atoms with Gasteiger partial charge in [0, 0.05) is 17.7 Å². The van der Waals surface area contributed by atoms with E-state index in [1.807, 2.05) is 0 Å². The van der Waals surface area contributed by atoms with Crippen molar-refractivity contribution in [2.45, 2.75) is 89.9 Å².